The zero-order valence-corrected chi connectivity index (χ0v) is 18.4. The molecule has 14 heteroatoms. The van der Waals surface area contributed by atoms with Gasteiger partial charge in [0.15, 0.2) is 17.7 Å². The molecule has 2 aromatic rings. The first kappa shape index (κ1) is 22.8. The predicted octanol–water partition coefficient (Wildman–Crippen LogP) is 0.994. The Morgan fingerprint density at radius 1 is 1.32 bits per heavy atom. The van der Waals surface area contributed by atoms with Crippen LogP contribution in [0, 0.1) is 0 Å². The molecule has 2 fully saturated rings. The van der Waals surface area contributed by atoms with Gasteiger partial charge in [0.05, 0.1) is 18.2 Å². The number of hydrogen-bond donors (Lipinski definition) is 5. The Morgan fingerprint density at radius 3 is 2.71 bits per heavy atom. The maximum Gasteiger partial charge on any atom is 0.353 e. The molecule has 31 heavy (non-hydrogen) atoms. The Balaban J connectivity index is 1.55. The number of aromatic nitrogens is 4. The van der Waals surface area contributed by atoms with Gasteiger partial charge in [-0.2, -0.15) is 15.1 Å². The molecular weight excluding hydrogens is 453 g/mol. The van der Waals surface area contributed by atoms with Crippen molar-refractivity contribution in [2.75, 3.05) is 11.9 Å². The van der Waals surface area contributed by atoms with E-state index in [1.165, 1.54) is 17.8 Å². The van der Waals surface area contributed by atoms with E-state index in [9.17, 15) is 14.8 Å². The van der Waals surface area contributed by atoms with Crippen LogP contribution >= 0.6 is 19.2 Å². The van der Waals surface area contributed by atoms with Gasteiger partial charge in [-0.05, 0) is 31.4 Å². The Labute approximate surface area is 182 Å². The molecule has 2 aromatic heterocycles. The molecule has 4 rings (SSSR count). The van der Waals surface area contributed by atoms with Gasteiger partial charge < -0.3 is 34.8 Å². The Bertz CT molecular complexity index is 981. The molecule has 1 saturated heterocycles. The molecule has 12 nitrogen and oxygen atoms in total. The summed E-state index contributed by atoms with van der Waals surface area (Å²) in [6.45, 7) is 0.888. The molecular formula is C17H25ClN5O7P. The van der Waals surface area contributed by atoms with Crippen molar-refractivity contribution in [3.8, 4) is 0 Å². The van der Waals surface area contributed by atoms with Gasteiger partial charge in [-0.1, -0.05) is 12.8 Å². The van der Waals surface area contributed by atoms with Crippen LogP contribution in [-0.4, -0.2) is 76.6 Å². The summed E-state index contributed by atoms with van der Waals surface area (Å²) in [5.41, 5.74) is 0.321. The molecule has 5 N–H and O–H groups in total. The zero-order chi connectivity index (χ0) is 22.3. The van der Waals surface area contributed by atoms with Crippen molar-refractivity contribution in [3.63, 3.8) is 0 Å². The molecule has 1 aliphatic carbocycles. The molecule has 0 unspecified atom stereocenters. The number of ether oxygens (including phenoxy) is 2. The fraction of sp³-hybridized carbons (Fsp3) is 0.706. The Kier molecular flexibility index (Phi) is 6.53. The highest BCUT2D eigenvalue weighted by molar-refractivity contribution is 7.52. The van der Waals surface area contributed by atoms with Gasteiger partial charge in [0.1, 0.15) is 24.1 Å². The van der Waals surface area contributed by atoms with Crippen LogP contribution in [0.5, 0.6) is 0 Å². The average molecular weight is 478 g/mol. The number of nitrogens with one attached hydrogen (secondary N) is 1. The number of aliphatic hydroxyl groups excluding tert-OH is 2. The molecule has 2 aliphatic rings. The highest BCUT2D eigenvalue weighted by Gasteiger charge is 2.45. The van der Waals surface area contributed by atoms with Gasteiger partial charge in [-0.25, -0.2) is 4.68 Å². The van der Waals surface area contributed by atoms with Crippen molar-refractivity contribution in [2.45, 2.75) is 69.0 Å². The highest BCUT2D eigenvalue weighted by Crippen LogP contribution is 2.42. The summed E-state index contributed by atoms with van der Waals surface area (Å²) in [5.74, 6) is -0.836. The zero-order valence-electron chi connectivity index (χ0n) is 16.7. The third-order valence-electron chi connectivity index (χ3n) is 5.68. The molecule has 3 heterocycles. The van der Waals surface area contributed by atoms with Crippen LogP contribution < -0.4 is 5.32 Å². The van der Waals surface area contributed by atoms with E-state index in [-0.39, 0.29) is 17.9 Å². The Morgan fingerprint density at radius 2 is 2.03 bits per heavy atom. The van der Waals surface area contributed by atoms with Crippen molar-refractivity contribution in [1.82, 2.24) is 19.7 Å². The summed E-state index contributed by atoms with van der Waals surface area (Å²) in [4.78, 5) is 26.8. The van der Waals surface area contributed by atoms with Crippen LogP contribution in [0.2, 0.25) is 5.28 Å². The molecule has 0 radical (unpaired) electrons. The largest absolute Gasteiger partial charge is 0.387 e. The third-order valence-corrected chi connectivity index (χ3v) is 6.94. The lowest BCUT2D eigenvalue weighted by Crippen LogP contribution is -2.34. The number of anilines is 1. The van der Waals surface area contributed by atoms with Crippen molar-refractivity contribution >= 4 is 36.0 Å². The topological polar surface area (TPSA) is 172 Å². The van der Waals surface area contributed by atoms with E-state index < -0.39 is 38.0 Å². The lowest BCUT2D eigenvalue weighted by atomic mass is 10.1. The smallest absolute Gasteiger partial charge is 0.353 e. The minimum absolute atomic E-state index is 0.00173. The lowest BCUT2D eigenvalue weighted by molar-refractivity contribution is -0.0742. The number of nitrogens with zero attached hydrogens (tertiary/aromatic N) is 4. The van der Waals surface area contributed by atoms with Crippen LogP contribution in [0.1, 0.15) is 38.8 Å². The fourth-order valence-electron chi connectivity index (χ4n) is 3.86. The number of hydrogen-bond acceptors (Lipinski definition) is 9. The Hall–Kier alpha value is -1.37. The average Bonchev–Trinajstić information content (AvgIpc) is 3.41. The van der Waals surface area contributed by atoms with Crippen molar-refractivity contribution < 1.29 is 34.0 Å². The van der Waals surface area contributed by atoms with E-state index in [0.29, 0.717) is 16.9 Å². The van der Waals surface area contributed by atoms with Crippen molar-refractivity contribution in [3.05, 3.63) is 11.5 Å². The monoisotopic (exact) mass is 477 g/mol. The summed E-state index contributed by atoms with van der Waals surface area (Å²) in [6, 6.07) is 0.283. The van der Waals surface area contributed by atoms with Gasteiger partial charge in [0, 0.05) is 6.04 Å². The third kappa shape index (κ3) is 4.71. The van der Waals surface area contributed by atoms with Crippen molar-refractivity contribution in [1.29, 1.82) is 0 Å². The SMILES string of the molecule is C[C@H](OC[C@H]1O[C@@H](n2ncc3c(NC4CCCC4)nc(Cl)nc32)[C@H](O)[C@@H]1O)P(=O)(O)O. The first-order chi connectivity index (χ1) is 14.6. The van der Waals surface area contributed by atoms with Crippen LogP contribution in [0.3, 0.4) is 0 Å². The van der Waals surface area contributed by atoms with Crippen LogP contribution in [-0.2, 0) is 14.0 Å². The molecule has 0 spiro atoms. The number of halogens is 1. The summed E-state index contributed by atoms with van der Waals surface area (Å²) >= 11 is 6.12. The van der Waals surface area contributed by atoms with E-state index in [4.69, 9.17) is 30.9 Å². The first-order valence-corrected chi connectivity index (χ1v) is 12.1. The maximum absolute atomic E-state index is 11.2. The van der Waals surface area contributed by atoms with E-state index >= 15 is 0 Å². The molecule has 0 amide bonds. The van der Waals surface area contributed by atoms with Gasteiger partial charge >= 0.3 is 7.60 Å². The molecule has 5 atom stereocenters. The quantitative estimate of drug-likeness (QED) is 0.284. The van der Waals surface area contributed by atoms with Crippen LogP contribution in [0.15, 0.2) is 6.20 Å². The van der Waals surface area contributed by atoms with E-state index in [1.54, 1.807) is 0 Å². The summed E-state index contributed by atoms with van der Waals surface area (Å²) in [6.07, 6.45) is 1.02. The van der Waals surface area contributed by atoms with Gasteiger partial charge in [0.25, 0.3) is 0 Å². The second-order valence-electron chi connectivity index (χ2n) is 7.86. The fourth-order valence-corrected chi connectivity index (χ4v) is 4.30. The van der Waals surface area contributed by atoms with Gasteiger partial charge in [0.2, 0.25) is 5.28 Å². The summed E-state index contributed by atoms with van der Waals surface area (Å²) in [7, 11) is -4.45. The molecule has 172 valence electrons. The van der Waals surface area contributed by atoms with E-state index in [2.05, 4.69) is 20.4 Å². The second-order valence-corrected chi connectivity index (χ2v) is 10.1. The lowest BCUT2D eigenvalue weighted by Gasteiger charge is -2.19. The highest BCUT2D eigenvalue weighted by atomic mass is 35.5. The van der Waals surface area contributed by atoms with E-state index in [1.807, 2.05) is 0 Å². The predicted molar refractivity (Wildman–Crippen MR) is 110 cm³/mol. The minimum Gasteiger partial charge on any atom is -0.387 e. The molecule has 0 aromatic carbocycles. The van der Waals surface area contributed by atoms with Crippen LogP contribution in [0.25, 0.3) is 11.0 Å². The van der Waals surface area contributed by atoms with Gasteiger partial charge in [-0.15, -0.1) is 0 Å². The standard InChI is InChI=1S/C17H25ClN5O7P/c1-8(31(26,27)28)29-7-11-12(24)13(25)16(30-11)23-15-10(6-19-23)14(21-17(18)22-15)20-9-4-2-3-5-9/h6,8-9,11-13,16,24-25H,2-5,7H2,1H3,(H,20,21,22)(H2,26,27,28)/t8-,11-,12-,13-,16-/m1/s1. The number of aliphatic hydroxyl groups is 2. The second kappa shape index (κ2) is 8.87. The van der Waals surface area contributed by atoms with Crippen LogP contribution in [0.4, 0.5) is 5.82 Å². The first-order valence-electron chi connectivity index (χ1n) is 10.0. The normalized spacial score (nSPS) is 28.5. The summed E-state index contributed by atoms with van der Waals surface area (Å²) in [5, 5.41) is 29.1. The van der Waals surface area contributed by atoms with Gasteiger partial charge in [-0.3, -0.25) is 4.57 Å². The van der Waals surface area contributed by atoms with Crippen molar-refractivity contribution in [2.24, 2.45) is 0 Å². The number of rotatable bonds is 7. The molecule has 0 bridgehead atoms. The molecule has 1 aliphatic heterocycles. The van der Waals surface area contributed by atoms with E-state index in [0.717, 1.165) is 25.7 Å². The molecule has 1 saturated carbocycles. The minimum atomic E-state index is -4.45. The number of fused-ring (bicyclic) bond motifs is 1. The summed E-state index contributed by atoms with van der Waals surface area (Å²) < 4.78 is 23.4. The maximum atomic E-state index is 11.2.